The normalized spacial score (nSPS) is 10.5. The van der Waals surface area contributed by atoms with E-state index in [9.17, 15) is 4.79 Å². The van der Waals surface area contributed by atoms with Crippen molar-refractivity contribution in [2.75, 3.05) is 5.73 Å². The van der Waals surface area contributed by atoms with Crippen LogP contribution in [0.25, 0.3) is 0 Å². The highest BCUT2D eigenvalue weighted by molar-refractivity contribution is 6.42. The molecule has 1 aromatic carbocycles. The van der Waals surface area contributed by atoms with E-state index in [1.54, 1.807) is 0 Å². The highest BCUT2D eigenvalue weighted by Crippen LogP contribution is 2.26. The molecule has 19 heavy (non-hydrogen) atoms. The number of nitrogens with zero attached hydrogens (tertiary/aromatic N) is 2. The average molecular weight is 337 g/mol. The summed E-state index contributed by atoms with van der Waals surface area (Å²) in [5.41, 5.74) is 5.78. The summed E-state index contributed by atoms with van der Waals surface area (Å²) in [6.45, 7) is 0. The maximum Gasteiger partial charge on any atom is 0.215 e. The SMILES string of the molecule is Nc1nc(Cl)c(Cl)nc1C(=O)c1ccc(Cl)c(Cl)c1. The van der Waals surface area contributed by atoms with Crippen LogP contribution in [-0.4, -0.2) is 15.8 Å². The van der Waals surface area contributed by atoms with Crippen LogP contribution in [0.5, 0.6) is 0 Å². The van der Waals surface area contributed by atoms with Crippen LogP contribution in [0.1, 0.15) is 16.1 Å². The number of anilines is 1. The quantitative estimate of drug-likeness (QED) is 0.844. The van der Waals surface area contributed by atoms with E-state index >= 15 is 0 Å². The summed E-state index contributed by atoms with van der Waals surface area (Å²) in [7, 11) is 0. The fourth-order valence-corrected chi connectivity index (χ4v) is 1.91. The fourth-order valence-electron chi connectivity index (χ4n) is 1.35. The van der Waals surface area contributed by atoms with Gasteiger partial charge >= 0.3 is 0 Å². The van der Waals surface area contributed by atoms with Crippen molar-refractivity contribution in [3.8, 4) is 0 Å². The van der Waals surface area contributed by atoms with E-state index in [4.69, 9.17) is 52.1 Å². The Morgan fingerprint density at radius 1 is 1.00 bits per heavy atom. The van der Waals surface area contributed by atoms with Crippen LogP contribution in [0.2, 0.25) is 20.4 Å². The third-order valence-electron chi connectivity index (χ3n) is 2.24. The smallest absolute Gasteiger partial charge is 0.215 e. The first-order valence-corrected chi connectivity index (χ1v) is 6.39. The molecule has 2 N–H and O–H groups in total. The molecule has 0 aliphatic heterocycles. The summed E-state index contributed by atoms with van der Waals surface area (Å²) in [6.07, 6.45) is 0. The van der Waals surface area contributed by atoms with Gasteiger partial charge in [-0.1, -0.05) is 46.4 Å². The Hall–Kier alpha value is -1.07. The molecule has 98 valence electrons. The van der Waals surface area contributed by atoms with Gasteiger partial charge in [0.2, 0.25) is 5.78 Å². The summed E-state index contributed by atoms with van der Waals surface area (Å²) < 4.78 is 0. The van der Waals surface area contributed by atoms with Gasteiger partial charge in [-0.25, -0.2) is 9.97 Å². The predicted octanol–water partition coefficient (Wildman–Crippen LogP) is 3.90. The summed E-state index contributed by atoms with van der Waals surface area (Å²) >= 11 is 23.0. The van der Waals surface area contributed by atoms with Gasteiger partial charge in [-0.05, 0) is 18.2 Å². The van der Waals surface area contributed by atoms with Crippen molar-refractivity contribution < 1.29 is 4.79 Å². The number of halogens is 4. The first-order valence-electron chi connectivity index (χ1n) is 4.88. The van der Waals surface area contributed by atoms with Gasteiger partial charge in [-0.15, -0.1) is 0 Å². The second-order valence-corrected chi connectivity index (χ2v) is 5.03. The van der Waals surface area contributed by atoms with Gasteiger partial charge in [0, 0.05) is 5.56 Å². The molecule has 0 saturated heterocycles. The maximum atomic E-state index is 12.2. The first kappa shape index (κ1) is 14.3. The van der Waals surface area contributed by atoms with Gasteiger partial charge in [0.05, 0.1) is 10.0 Å². The lowest BCUT2D eigenvalue weighted by atomic mass is 10.1. The Labute approximate surface area is 128 Å². The zero-order chi connectivity index (χ0) is 14.2. The number of aromatic nitrogens is 2. The molecule has 0 aliphatic carbocycles. The average Bonchev–Trinajstić information content (AvgIpc) is 2.36. The molecule has 0 spiro atoms. The summed E-state index contributed by atoms with van der Waals surface area (Å²) in [5, 5.41) is 0.426. The van der Waals surface area contributed by atoms with Crippen LogP contribution in [0.4, 0.5) is 5.82 Å². The molecule has 4 nitrogen and oxygen atoms in total. The van der Waals surface area contributed by atoms with Gasteiger partial charge in [-0.3, -0.25) is 4.79 Å². The van der Waals surface area contributed by atoms with Crippen molar-refractivity contribution in [2.45, 2.75) is 0 Å². The summed E-state index contributed by atoms with van der Waals surface area (Å²) in [6, 6.07) is 4.41. The van der Waals surface area contributed by atoms with Crippen molar-refractivity contribution in [3.63, 3.8) is 0 Å². The molecule has 8 heteroatoms. The van der Waals surface area contributed by atoms with Crippen molar-refractivity contribution in [2.24, 2.45) is 0 Å². The lowest BCUT2D eigenvalue weighted by molar-refractivity contribution is 0.103. The van der Waals surface area contributed by atoms with Crippen LogP contribution >= 0.6 is 46.4 Å². The van der Waals surface area contributed by atoms with Crippen LogP contribution in [0.15, 0.2) is 18.2 Å². The Kier molecular flexibility index (Phi) is 4.16. The predicted molar refractivity (Wildman–Crippen MR) is 76.4 cm³/mol. The molecular formula is C11H5Cl4N3O. The molecule has 2 aromatic rings. The molecule has 0 aliphatic rings. The molecule has 2 rings (SSSR count). The molecule has 0 unspecified atom stereocenters. The number of carbonyl (C=O) groups is 1. The van der Waals surface area contributed by atoms with Gasteiger partial charge in [-0.2, -0.15) is 0 Å². The third kappa shape index (κ3) is 2.92. The molecule has 0 saturated carbocycles. The van der Waals surface area contributed by atoms with Gasteiger partial charge in [0.15, 0.2) is 21.8 Å². The number of rotatable bonds is 2. The van der Waals surface area contributed by atoms with Crippen molar-refractivity contribution in [3.05, 3.63) is 49.8 Å². The van der Waals surface area contributed by atoms with E-state index in [0.717, 1.165) is 0 Å². The van der Waals surface area contributed by atoms with Gasteiger partial charge < -0.3 is 5.73 Å². The number of hydrogen-bond donors (Lipinski definition) is 1. The lowest BCUT2D eigenvalue weighted by Crippen LogP contribution is -2.10. The number of carbonyl (C=O) groups excluding carboxylic acids is 1. The monoisotopic (exact) mass is 335 g/mol. The topological polar surface area (TPSA) is 68.9 Å². The first-order chi connectivity index (χ1) is 8.90. The Morgan fingerprint density at radius 3 is 2.26 bits per heavy atom. The van der Waals surface area contributed by atoms with Gasteiger partial charge in [0.25, 0.3) is 0 Å². The zero-order valence-electron chi connectivity index (χ0n) is 9.12. The van der Waals surface area contributed by atoms with Crippen LogP contribution in [-0.2, 0) is 0 Å². The van der Waals surface area contributed by atoms with E-state index in [-0.39, 0.29) is 32.4 Å². The van der Waals surface area contributed by atoms with Crippen LogP contribution < -0.4 is 5.73 Å². The minimum Gasteiger partial charge on any atom is -0.382 e. The molecule has 0 fully saturated rings. The fraction of sp³-hybridized carbons (Fsp3) is 0. The van der Waals surface area contributed by atoms with Crippen molar-refractivity contribution in [1.82, 2.24) is 9.97 Å². The largest absolute Gasteiger partial charge is 0.382 e. The number of nitrogens with two attached hydrogens (primary N) is 1. The molecular weight excluding hydrogens is 332 g/mol. The summed E-state index contributed by atoms with van der Waals surface area (Å²) in [4.78, 5) is 19.8. The molecule has 1 heterocycles. The number of ketones is 1. The van der Waals surface area contributed by atoms with Crippen molar-refractivity contribution in [1.29, 1.82) is 0 Å². The van der Waals surface area contributed by atoms with E-state index in [1.165, 1.54) is 18.2 Å². The van der Waals surface area contributed by atoms with E-state index in [1.807, 2.05) is 0 Å². The molecule has 1 aromatic heterocycles. The third-order valence-corrected chi connectivity index (χ3v) is 3.60. The van der Waals surface area contributed by atoms with Gasteiger partial charge in [0.1, 0.15) is 0 Å². The Balaban J connectivity index is 2.49. The van der Waals surface area contributed by atoms with Crippen LogP contribution in [0, 0.1) is 0 Å². The molecule has 0 atom stereocenters. The standard InChI is InChI=1S/C11H5Cl4N3O/c12-5-2-1-4(3-6(5)13)8(19)7-11(16)18-10(15)9(14)17-7/h1-3H,(H2,16,18). The second-order valence-electron chi connectivity index (χ2n) is 3.50. The van der Waals surface area contributed by atoms with E-state index < -0.39 is 5.78 Å². The lowest BCUT2D eigenvalue weighted by Gasteiger charge is -2.05. The molecule has 0 amide bonds. The van der Waals surface area contributed by atoms with Crippen LogP contribution in [0.3, 0.4) is 0 Å². The number of hydrogen-bond acceptors (Lipinski definition) is 4. The molecule has 0 radical (unpaired) electrons. The minimum absolute atomic E-state index is 0.0649. The number of nitrogen functional groups attached to an aromatic ring is 1. The maximum absolute atomic E-state index is 12.2. The highest BCUT2D eigenvalue weighted by atomic mass is 35.5. The Bertz CT molecular complexity index is 675. The summed E-state index contributed by atoms with van der Waals surface area (Å²) in [5.74, 6) is -0.576. The zero-order valence-corrected chi connectivity index (χ0v) is 12.1. The van der Waals surface area contributed by atoms with Crippen molar-refractivity contribution >= 4 is 58.0 Å². The Morgan fingerprint density at radius 2 is 1.63 bits per heavy atom. The minimum atomic E-state index is -0.470. The van der Waals surface area contributed by atoms with E-state index in [2.05, 4.69) is 9.97 Å². The second kappa shape index (κ2) is 5.51. The van der Waals surface area contributed by atoms with E-state index in [0.29, 0.717) is 5.02 Å². The number of benzene rings is 1. The molecule has 0 bridgehead atoms. The highest BCUT2D eigenvalue weighted by Gasteiger charge is 2.18.